The zero-order valence-corrected chi connectivity index (χ0v) is 7.17. The quantitative estimate of drug-likeness (QED) is 0.615. The van der Waals surface area contributed by atoms with Crippen molar-refractivity contribution in [3.8, 4) is 5.75 Å². The number of aromatic hydroxyl groups is 1. The molecular formula is C9H14N2O. The molecule has 0 radical (unpaired) electrons. The van der Waals surface area contributed by atoms with E-state index in [4.69, 9.17) is 5.73 Å². The Morgan fingerprint density at radius 2 is 2.25 bits per heavy atom. The average molecular weight is 166 g/mol. The summed E-state index contributed by atoms with van der Waals surface area (Å²) >= 11 is 0. The first-order valence-corrected chi connectivity index (χ1v) is 3.93. The Labute approximate surface area is 72.2 Å². The van der Waals surface area contributed by atoms with Crippen molar-refractivity contribution >= 4 is 0 Å². The van der Waals surface area contributed by atoms with Crippen LogP contribution in [0.3, 0.4) is 0 Å². The average Bonchev–Trinajstić information content (AvgIpc) is 2.09. The van der Waals surface area contributed by atoms with Crippen molar-refractivity contribution in [2.24, 2.45) is 5.73 Å². The van der Waals surface area contributed by atoms with E-state index in [1.54, 1.807) is 6.07 Å². The molecule has 0 spiro atoms. The first-order chi connectivity index (χ1) is 5.77. The fourth-order valence-electron chi connectivity index (χ4n) is 1.12. The molecule has 0 aliphatic heterocycles. The third-order valence-corrected chi connectivity index (χ3v) is 1.74. The second-order valence-corrected chi connectivity index (χ2v) is 2.70. The molecule has 0 fully saturated rings. The van der Waals surface area contributed by atoms with Gasteiger partial charge in [0.1, 0.15) is 5.75 Å². The van der Waals surface area contributed by atoms with E-state index in [9.17, 15) is 5.11 Å². The SMILES string of the molecule is CNCc1ccc(O)c(CN)c1. The van der Waals surface area contributed by atoms with Crippen LogP contribution in [0.2, 0.25) is 0 Å². The number of phenolic OH excluding ortho intramolecular Hbond substituents is 1. The molecule has 3 nitrogen and oxygen atoms in total. The lowest BCUT2D eigenvalue weighted by Gasteiger charge is -2.04. The van der Waals surface area contributed by atoms with Gasteiger partial charge >= 0.3 is 0 Å². The van der Waals surface area contributed by atoms with Gasteiger partial charge in [0, 0.05) is 18.7 Å². The lowest BCUT2D eigenvalue weighted by molar-refractivity contribution is 0.468. The Hall–Kier alpha value is -1.06. The Balaban J connectivity index is 2.89. The standard InChI is InChI=1S/C9H14N2O/c1-11-6-7-2-3-9(12)8(4-7)5-10/h2-4,11-12H,5-6,10H2,1H3. The van der Waals surface area contributed by atoms with Gasteiger partial charge < -0.3 is 16.2 Å². The van der Waals surface area contributed by atoms with Gasteiger partial charge in [-0.1, -0.05) is 6.07 Å². The fraction of sp³-hybridized carbons (Fsp3) is 0.333. The highest BCUT2D eigenvalue weighted by molar-refractivity contribution is 5.35. The van der Waals surface area contributed by atoms with Crippen LogP contribution in [-0.4, -0.2) is 12.2 Å². The molecule has 0 saturated heterocycles. The molecule has 1 aromatic carbocycles. The molecule has 66 valence electrons. The summed E-state index contributed by atoms with van der Waals surface area (Å²) in [4.78, 5) is 0. The van der Waals surface area contributed by atoms with Crippen molar-refractivity contribution in [2.45, 2.75) is 13.1 Å². The van der Waals surface area contributed by atoms with Gasteiger partial charge in [-0.25, -0.2) is 0 Å². The Morgan fingerprint density at radius 3 is 2.83 bits per heavy atom. The second kappa shape index (κ2) is 4.09. The summed E-state index contributed by atoms with van der Waals surface area (Å²) in [7, 11) is 1.88. The van der Waals surface area contributed by atoms with Crippen LogP contribution in [0.4, 0.5) is 0 Å². The van der Waals surface area contributed by atoms with Crippen molar-refractivity contribution in [2.75, 3.05) is 7.05 Å². The van der Waals surface area contributed by atoms with Crippen molar-refractivity contribution in [1.29, 1.82) is 0 Å². The summed E-state index contributed by atoms with van der Waals surface area (Å²) in [6.45, 7) is 1.18. The molecule has 12 heavy (non-hydrogen) atoms. The number of rotatable bonds is 3. The third kappa shape index (κ3) is 1.96. The largest absolute Gasteiger partial charge is 0.508 e. The summed E-state index contributed by atoms with van der Waals surface area (Å²) < 4.78 is 0. The maximum absolute atomic E-state index is 9.30. The third-order valence-electron chi connectivity index (χ3n) is 1.74. The molecule has 0 amide bonds. The molecule has 3 heteroatoms. The molecule has 4 N–H and O–H groups in total. The Morgan fingerprint density at radius 1 is 1.50 bits per heavy atom. The fourth-order valence-corrected chi connectivity index (χ4v) is 1.12. The van der Waals surface area contributed by atoms with E-state index in [-0.39, 0.29) is 5.75 Å². The van der Waals surface area contributed by atoms with Gasteiger partial charge in [-0.3, -0.25) is 0 Å². The van der Waals surface area contributed by atoms with E-state index >= 15 is 0 Å². The van der Waals surface area contributed by atoms with Crippen LogP contribution in [0.25, 0.3) is 0 Å². The van der Waals surface area contributed by atoms with Crippen molar-refractivity contribution in [3.05, 3.63) is 29.3 Å². The van der Waals surface area contributed by atoms with Crippen LogP contribution in [0.5, 0.6) is 5.75 Å². The molecule has 0 aliphatic carbocycles. The van der Waals surface area contributed by atoms with Gasteiger partial charge in [-0.2, -0.15) is 0 Å². The predicted molar refractivity (Wildman–Crippen MR) is 48.8 cm³/mol. The maximum Gasteiger partial charge on any atom is 0.120 e. The minimum absolute atomic E-state index is 0.275. The zero-order valence-electron chi connectivity index (χ0n) is 7.17. The highest BCUT2D eigenvalue weighted by Crippen LogP contribution is 2.17. The van der Waals surface area contributed by atoms with Gasteiger partial charge in [0.25, 0.3) is 0 Å². The van der Waals surface area contributed by atoms with Gasteiger partial charge in [-0.15, -0.1) is 0 Å². The van der Waals surface area contributed by atoms with E-state index in [2.05, 4.69) is 5.32 Å². The molecule has 0 heterocycles. The minimum atomic E-state index is 0.275. The van der Waals surface area contributed by atoms with E-state index in [0.717, 1.165) is 17.7 Å². The second-order valence-electron chi connectivity index (χ2n) is 2.70. The number of nitrogens with two attached hydrogens (primary N) is 1. The predicted octanol–water partition coefficient (Wildman–Crippen LogP) is 0.570. The molecule has 0 aromatic heterocycles. The Bertz CT molecular complexity index is 261. The van der Waals surface area contributed by atoms with Gasteiger partial charge in [0.15, 0.2) is 0 Å². The first-order valence-electron chi connectivity index (χ1n) is 3.93. The van der Waals surface area contributed by atoms with E-state index in [1.165, 1.54) is 0 Å². The number of nitrogens with one attached hydrogen (secondary N) is 1. The molecule has 0 unspecified atom stereocenters. The summed E-state index contributed by atoms with van der Waals surface area (Å²) in [5.41, 5.74) is 7.36. The normalized spacial score (nSPS) is 10.2. The summed E-state index contributed by atoms with van der Waals surface area (Å²) in [5, 5.41) is 12.3. The molecule has 0 saturated carbocycles. The number of hydrogen-bond donors (Lipinski definition) is 3. The number of hydrogen-bond acceptors (Lipinski definition) is 3. The van der Waals surface area contributed by atoms with Crippen LogP contribution in [-0.2, 0) is 13.1 Å². The van der Waals surface area contributed by atoms with Gasteiger partial charge in [0.05, 0.1) is 0 Å². The number of benzene rings is 1. The molecular weight excluding hydrogens is 152 g/mol. The van der Waals surface area contributed by atoms with E-state index < -0.39 is 0 Å². The highest BCUT2D eigenvalue weighted by Gasteiger charge is 1.99. The number of phenols is 1. The van der Waals surface area contributed by atoms with Crippen LogP contribution in [0.1, 0.15) is 11.1 Å². The molecule has 1 rings (SSSR count). The lowest BCUT2D eigenvalue weighted by atomic mass is 10.1. The summed E-state index contributed by atoms with van der Waals surface area (Å²) in [6, 6.07) is 5.46. The minimum Gasteiger partial charge on any atom is -0.508 e. The molecule has 0 atom stereocenters. The van der Waals surface area contributed by atoms with Crippen molar-refractivity contribution in [3.63, 3.8) is 0 Å². The molecule has 1 aromatic rings. The van der Waals surface area contributed by atoms with Crippen molar-refractivity contribution in [1.82, 2.24) is 5.32 Å². The smallest absolute Gasteiger partial charge is 0.120 e. The van der Waals surface area contributed by atoms with E-state index in [0.29, 0.717) is 6.54 Å². The highest BCUT2D eigenvalue weighted by atomic mass is 16.3. The van der Waals surface area contributed by atoms with Crippen LogP contribution < -0.4 is 11.1 Å². The maximum atomic E-state index is 9.30. The topological polar surface area (TPSA) is 58.3 Å². The van der Waals surface area contributed by atoms with Crippen molar-refractivity contribution < 1.29 is 5.11 Å². The lowest BCUT2D eigenvalue weighted by Crippen LogP contribution is -2.06. The summed E-state index contributed by atoms with van der Waals surface area (Å²) in [6.07, 6.45) is 0. The summed E-state index contributed by atoms with van der Waals surface area (Å²) in [5.74, 6) is 0.275. The van der Waals surface area contributed by atoms with E-state index in [1.807, 2.05) is 19.2 Å². The van der Waals surface area contributed by atoms with Gasteiger partial charge in [0.2, 0.25) is 0 Å². The van der Waals surface area contributed by atoms with Crippen LogP contribution in [0, 0.1) is 0 Å². The molecule has 0 aliphatic rings. The molecule has 0 bridgehead atoms. The monoisotopic (exact) mass is 166 g/mol. The first kappa shape index (κ1) is 9.03. The van der Waals surface area contributed by atoms with Gasteiger partial charge in [-0.05, 0) is 24.7 Å². The Kier molecular flexibility index (Phi) is 3.08. The van der Waals surface area contributed by atoms with Crippen LogP contribution in [0.15, 0.2) is 18.2 Å². The van der Waals surface area contributed by atoms with Crippen LogP contribution >= 0.6 is 0 Å². The zero-order chi connectivity index (χ0) is 8.97.